The Labute approximate surface area is 269 Å². The lowest BCUT2D eigenvalue weighted by molar-refractivity contribution is -0.386. The molecule has 3 N–H and O–H groups in total. The van der Waals surface area contributed by atoms with Crippen LogP contribution >= 0.6 is 0 Å². The number of benzene rings is 1. The lowest BCUT2D eigenvalue weighted by Crippen LogP contribution is -2.65. The van der Waals surface area contributed by atoms with E-state index in [1.165, 1.54) is 16.8 Å². The quantitative estimate of drug-likeness (QED) is 0.159. The number of nitrogens with zero attached hydrogens (tertiary/aromatic N) is 3. The van der Waals surface area contributed by atoms with Gasteiger partial charge in [-0.2, -0.15) is 4.98 Å². The zero-order chi connectivity index (χ0) is 34.6. The maximum absolute atomic E-state index is 13.5. The zero-order valence-electron chi connectivity index (χ0n) is 29.3. The highest BCUT2D eigenvalue weighted by atomic mass is 28.4. The molecule has 11 nitrogen and oxygen atoms in total. The molecule has 1 saturated heterocycles. The molecule has 0 radical (unpaired) electrons. The Morgan fingerprint density at radius 2 is 1.73 bits per heavy atom. The number of ether oxygens (including phenoxy) is 2. The van der Waals surface area contributed by atoms with Gasteiger partial charge >= 0.3 is 5.69 Å². The van der Waals surface area contributed by atoms with Crippen LogP contribution in [0.25, 0.3) is 0 Å². The highest BCUT2D eigenvalue weighted by Crippen LogP contribution is 2.53. The third-order valence-corrected chi connectivity index (χ3v) is 21.5. The van der Waals surface area contributed by atoms with Gasteiger partial charge in [-0.1, -0.05) is 80.6 Å². The normalized spacial score (nSPS) is 23.8. The molecule has 252 valence electrons. The number of hydrogen-bond acceptors (Lipinski definition) is 9. The van der Waals surface area contributed by atoms with E-state index in [0.717, 1.165) is 0 Å². The van der Waals surface area contributed by atoms with E-state index in [9.17, 15) is 20.0 Å². The number of aromatic nitrogens is 2. The van der Waals surface area contributed by atoms with Crippen LogP contribution in [0.15, 0.2) is 35.3 Å². The molecule has 0 saturated carbocycles. The van der Waals surface area contributed by atoms with Gasteiger partial charge in [0.1, 0.15) is 17.9 Å². The van der Waals surface area contributed by atoms with E-state index < -0.39 is 50.2 Å². The number of rotatable bonds is 10. The van der Waals surface area contributed by atoms with Crippen molar-refractivity contribution in [1.82, 2.24) is 9.55 Å². The van der Waals surface area contributed by atoms with E-state index in [2.05, 4.69) is 72.7 Å². The van der Waals surface area contributed by atoms with Crippen molar-refractivity contribution in [3.63, 3.8) is 0 Å². The molecule has 0 amide bonds. The number of nitro groups is 1. The monoisotopic (exact) mass is 662 g/mol. The van der Waals surface area contributed by atoms with Crippen molar-refractivity contribution >= 4 is 27.9 Å². The smallest absolute Gasteiger partial charge is 0.352 e. The molecule has 0 aliphatic carbocycles. The summed E-state index contributed by atoms with van der Waals surface area (Å²) in [6, 6.07) is 6.39. The Bertz CT molecular complexity index is 1460. The summed E-state index contributed by atoms with van der Waals surface area (Å²) in [4.78, 5) is 28.9. The molecule has 45 heavy (non-hydrogen) atoms. The van der Waals surface area contributed by atoms with Gasteiger partial charge in [-0.15, -0.1) is 0 Å². The summed E-state index contributed by atoms with van der Waals surface area (Å²) >= 11 is 0. The summed E-state index contributed by atoms with van der Waals surface area (Å²) < 4.78 is 21.0. The van der Waals surface area contributed by atoms with Crippen LogP contribution in [0.5, 0.6) is 5.75 Å². The number of aliphatic hydroxyl groups is 1. The molecular weight excluding hydrogens is 609 g/mol. The largest absolute Gasteiger partial charge is 0.480 e. The third kappa shape index (κ3) is 6.92. The van der Waals surface area contributed by atoms with Crippen LogP contribution in [-0.4, -0.2) is 53.9 Å². The summed E-state index contributed by atoms with van der Waals surface area (Å²) in [6.07, 6.45) is 0.124. The van der Waals surface area contributed by atoms with Crippen LogP contribution in [0.4, 0.5) is 11.5 Å². The van der Waals surface area contributed by atoms with Crippen LogP contribution in [0, 0.1) is 16.0 Å². The Kier molecular flexibility index (Phi) is 10.0. The van der Waals surface area contributed by atoms with E-state index >= 15 is 0 Å². The Morgan fingerprint density at radius 1 is 1.16 bits per heavy atom. The van der Waals surface area contributed by atoms with Crippen molar-refractivity contribution in [3.8, 4) is 5.75 Å². The van der Waals surface area contributed by atoms with E-state index in [4.69, 9.17) is 19.6 Å². The first-order chi connectivity index (χ1) is 20.3. The highest BCUT2D eigenvalue weighted by Gasteiger charge is 2.65. The van der Waals surface area contributed by atoms with Gasteiger partial charge in [0, 0.05) is 12.5 Å². The molecule has 0 unspecified atom stereocenters. The fourth-order valence-corrected chi connectivity index (χ4v) is 9.63. The molecule has 1 aromatic heterocycles. The van der Waals surface area contributed by atoms with Gasteiger partial charge in [0.05, 0.1) is 36.6 Å². The molecule has 2 heterocycles. The topological polar surface area (TPSA) is 152 Å². The average molecular weight is 663 g/mol. The number of anilines is 1. The lowest BCUT2D eigenvalue weighted by Gasteiger charge is -2.50. The minimum atomic E-state index is -2.56. The molecule has 1 aliphatic rings. The second-order valence-corrected chi connectivity index (χ2v) is 26.5. The van der Waals surface area contributed by atoms with Gasteiger partial charge in [-0.3, -0.25) is 14.7 Å². The predicted molar refractivity (Wildman–Crippen MR) is 183 cm³/mol. The molecule has 1 fully saturated rings. The van der Waals surface area contributed by atoms with Crippen LogP contribution in [-0.2, 0) is 14.9 Å². The van der Waals surface area contributed by atoms with Crippen molar-refractivity contribution in [1.29, 1.82) is 0 Å². The Hall–Kier alpha value is -2.59. The number of hydrogen-bond donors (Lipinski definition) is 2. The maximum atomic E-state index is 13.5. The summed E-state index contributed by atoms with van der Waals surface area (Å²) in [5.41, 5.74) is 4.56. The Balaban J connectivity index is 2.12. The molecule has 2 aromatic rings. The van der Waals surface area contributed by atoms with Crippen molar-refractivity contribution in [2.45, 2.75) is 128 Å². The van der Waals surface area contributed by atoms with Crippen LogP contribution < -0.4 is 16.2 Å². The molecule has 4 atom stereocenters. The van der Waals surface area contributed by atoms with Crippen LogP contribution in [0.1, 0.15) is 80.4 Å². The van der Waals surface area contributed by atoms with Crippen molar-refractivity contribution in [3.05, 3.63) is 56.6 Å². The lowest BCUT2D eigenvalue weighted by atomic mass is 9.97. The van der Waals surface area contributed by atoms with E-state index in [1.807, 2.05) is 13.8 Å². The van der Waals surface area contributed by atoms with Gasteiger partial charge < -0.3 is 24.7 Å². The summed E-state index contributed by atoms with van der Waals surface area (Å²) in [7, 11) is -4.77. The highest BCUT2D eigenvalue weighted by molar-refractivity contribution is 6.83. The first-order valence-corrected chi connectivity index (χ1v) is 21.5. The second kappa shape index (κ2) is 12.2. The van der Waals surface area contributed by atoms with Gasteiger partial charge in [-0.05, 0) is 42.1 Å². The average Bonchev–Trinajstić information content (AvgIpc) is 3.17. The number of nitrogen functional groups attached to an aromatic ring is 1. The zero-order valence-corrected chi connectivity index (χ0v) is 31.3. The van der Waals surface area contributed by atoms with Gasteiger partial charge in [0.25, 0.3) is 5.69 Å². The van der Waals surface area contributed by atoms with E-state index in [1.54, 1.807) is 25.1 Å². The summed E-state index contributed by atoms with van der Waals surface area (Å²) in [5.74, 6) is -0.239. The first-order valence-electron chi connectivity index (χ1n) is 15.6. The molecule has 0 spiro atoms. The fraction of sp³-hybridized carbons (Fsp3) is 0.688. The third-order valence-electron chi connectivity index (χ3n) is 10.6. The minimum Gasteiger partial charge on any atom is -0.480 e. The summed E-state index contributed by atoms with van der Waals surface area (Å²) in [5, 5.41) is 23.0. The molecule has 0 bridgehead atoms. The van der Waals surface area contributed by atoms with Gasteiger partial charge in [-0.25, -0.2) is 4.79 Å². The Morgan fingerprint density at radius 3 is 2.24 bits per heavy atom. The molecule has 1 aliphatic heterocycles. The van der Waals surface area contributed by atoms with Crippen molar-refractivity contribution in [2.75, 3.05) is 12.3 Å². The molecule has 3 rings (SSSR count). The number of nitrogens with two attached hydrogens (primary N) is 1. The maximum Gasteiger partial charge on any atom is 0.352 e. The minimum absolute atomic E-state index is 0.0468. The van der Waals surface area contributed by atoms with Crippen LogP contribution in [0.2, 0.25) is 36.3 Å². The van der Waals surface area contributed by atoms with Gasteiger partial charge in [0.15, 0.2) is 19.9 Å². The van der Waals surface area contributed by atoms with E-state index in [-0.39, 0.29) is 46.3 Å². The van der Waals surface area contributed by atoms with E-state index in [0.29, 0.717) is 5.56 Å². The molecule has 1 aromatic carbocycles. The summed E-state index contributed by atoms with van der Waals surface area (Å²) in [6.45, 7) is 27.2. The van der Waals surface area contributed by atoms with Crippen molar-refractivity contribution < 1.29 is 23.9 Å². The molecule has 13 heteroatoms. The molecular formula is C32H54N4O7Si2. The fourth-order valence-electron chi connectivity index (χ4n) is 5.62. The van der Waals surface area contributed by atoms with Crippen molar-refractivity contribution in [2.24, 2.45) is 5.92 Å². The van der Waals surface area contributed by atoms with Crippen LogP contribution in [0.3, 0.4) is 0 Å². The SMILES string of the molecule is CC(C)[C@H](Oc1cn([C@@]2(C)C[C@@](O)([Si](C)(C)C(C)(C)C)[C@@H](CO[Si](C)(C)C(C)(C)C)O2)c(=O)nc1N)c1ccccc1[N+](=O)[O-]. The predicted octanol–water partition coefficient (Wildman–Crippen LogP) is 6.77. The number of nitro benzene ring substituents is 1. The van der Waals surface area contributed by atoms with Gasteiger partial charge in [0.2, 0.25) is 0 Å². The first kappa shape index (κ1) is 36.9. The second-order valence-electron chi connectivity index (χ2n) is 16.1. The number of para-hydroxylation sites is 1. The standard InChI is InChI=1S/C32H54N4O7Si2/c1-21(2)26(22-16-14-15-17-23(22)36(39)40)42-24-18-35(28(37)34-27(24)33)31(9)20-32(38,44(10,11)29(3,4)5)25(43-31)19-41-45(12,13)30(6,7)8/h14-18,21,25-26,38H,19-20H2,1-13H3,(H2,33,34,37)/t25-,26+,31-,32-/m1/s1.